The van der Waals surface area contributed by atoms with Crippen molar-refractivity contribution in [3.05, 3.63) is 65.7 Å². The van der Waals surface area contributed by atoms with Crippen molar-refractivity contribution in [2.75, 3.05) is 7.11 Å². The van der Waals surface area contributed by atoms with Crippen molar-refractivity contribution in [3.8, 4) is 5.75 Å². The fourth-order valence-electron chi connectivity index (χ4n) is 2.53. The molecule has 0 bridgehead atoms. The van der Waals surface area contributed by atoms with Crippen molar-refractivity contribution < 1.29 is 24.5 Å². The third-order valence-corrected chi connectivity index (χ3v) is 3.79. The second-order valence-corrected chi connectivity index (χ2v) is 5.36. The highest BCUT2D eigenvalue weighted by atomic mass is 16.5. The molecule has 0 amide bonds. The Morgan fingerprint density at radius 2 is 1.65 bits per heavy atom. The van der Waals surface area contributed by atoms with Crippen LogP contribution in [0.1, 0.15) is 20.7 Å². The summed E-state index contributed by atoms with van der Waals surface area (Å²) in [5.74, 6) is -2.24. The molecule has 0 saturated heterocycles. The summed E-state index contributed by atoms with van der Waals surface area (Å²) >= 11 is 0. The van der Waals surface area contributed by atoms with Crippen LogP contribution in [0.5, 0.6) is 5.75 Å². The molecular formula is C19H14N2O5. The number of carboxylic acids is 1. The smallest absolute Gasteiger partial charge is 0.341 e. The number of carbonyl (C=O) groups is 2. The third-order valence-electron chi connectivity index (χ3n) is 3.79. The van der Waals surface area contributed by atoms with Gasteiger partial charge in [-0.15, -0.1) is 10.2 Å². The first-order valence-electron chi connectivity index (χ1n) is 7.60. The van der Waals surface area contributed by atoms with E-state index in [4.69, 9.17) is 0 Å². The number of ether oxygens (including phenoxy) is 1. The minimum atomic E-state index is -1.14. The Morgan fingerprint density at radius 1 is 0.962 bits per heavy atom. The Morgan fingerprint density at radius 3 is 2.38 bits per heavy atom. The highest BCUT2D eigenvalue weighted by molar-refractivity contribution is 6.05. The molecule has 0 saturated carbocycles. The van der Waals surface area contributed by atoms with Crippen LogP contribution in [-0.4, -0.2) is 29.3 Å². The molecule has 0 aliphatic heterocycles. The number of esters is 1. The van der Waals surface area contributed by atoms with Gasteiger partial charge in [0.05, 0.1) is 12.7 Å². The summed E-state index contributed by atoms with van der Waals surface area (Å²) in [6, 6.07) is 14.6. The van der Waals surface area contributed by atoms with Crippen LogP contribution in [0.25, 0.3) is 10.8 Å². The molecule has 3 aromatic rings. The molecule has 0 aromatic heterocycles. The van der Waals surface area contributed by atoms with E-state index >= 15 is 0 Å². The molecule has 0 heterocycles. The second-order valence-electron chi connectivity index (χ2n) is 5.36. The Labute approximate surface area is 148 Å². The molecule has 0 spiro atoms. The number of aromatic hydroxyl groups is 1. The Hall–Kier alpha value is -3.74. The number of hydrogen-bond acceptors (Lipinski definition) is 6. The number of phenolic OH excluding ortho intramolecular Hbond substituents is 1. The van der Waals surface area contributed by atoms with Gasteiger partial charge in [-0.3, -0.25) is 0 Å². The SMILES string of the molecule is COC(=O)c1cc2ccccc2c(N=Nc2ccccc2C(=O)O)c1O. The van der Waals surface area contributed by atoms with Crippen molar-refractivity contribution in [2.45, 2.75) is 0 Å². The average molecular weight is 350 g/mol. The van der Waals surface area contributed by atoms with Gasteiger partial charge in [0.15, 0.2) is 5.75 Å². The van der Waals surface area contributed by atoms with Crippen molar-refractivity contribution in [2.24, 2.45) is 10.2 Å². The molecule has 0 fully saturated rings. The van der Waals surface area contributed by atoms with Gasteiger partial charge in [0.2, 0.25) is 0 Å². The van der Waals surface area contributed by atoms with Crippen LogP contribution in [0.4, 0.5) is 11.4 Å². The van der Waals surface area contributed by atoms with Crippen LogP contribution in [0, 0.1) is 0 Å². The van der Waals surface area contributed by atoms with Gasteiger partial charge < -0.3 is 14.9 Å². The van der Waals surface area contributed by atoms with E-state index in [0.717, 1.165) is 0 Å². The number of azo groups is 1. The van der Waals surface area contributed by atoms with Gasteiger partial charge in [-0.2, -0.15) is 0 Å². The van der Waals surface area contributed by atoms with Crippen LogP contribution in [0.3, 0.4) is 0 Å². The molecule has 0 aliphatic carbocycles. The minimum absolute atomic E-state index is 0.0239. The number of methoxy groups -OCH3 is 1. The van der Waals surface area contributed by atoms with Gasteiger partial charge in [0.25, 0.3) is 0 Å². The number of fused-ring (bicyclic) bond motifs is 1. The molecule has 26 heavy (non-hydrogen) atoms. The predicted molar refractivity (Wildman–Crippen MR) is 94.5 cm³/mol. The van der Waals surface area contributed by atoms with Crippen LogP contribution in [0.2, 0.25) is 0 Å². The highest BCUT2D eigenvalue weighted by Gasteiger charge is 2.19. The first-order valence-corrected chi connectivity index (χ1v) is 7.60. The lowest BCUT2D eigenvalue weighted by Gasteiger charge is -2.09. The summed E-state index contributed by atoms with van der Waals surface area (Å²) in [6.07, 6.45) is 0. The molecule has 7 heteroatoms. The molecule has 3 aromatic carbocycles. The fraction of sp³-hybridized carbons (Fsp3) is 0.0526. The van der Waals surface area contributed by atoms with Gasteiger partial charge in [-0.1, -0.05) is 36.4 Å². The molecule has 130 valence electrons. The van der Waals surface area contributed by atoms with Crippen molar-refractivity contribution in [3.63, 3.8) is 0 Å². The Bertz CT molecular complexity index is 1040. The van der Waals surface area contributed by atoms with Crippen molar-refractivity contribution in [1.82, 2.24) is 0 Å². The molecule has 0 radical (unpaired) electrons. The maximum absolute atomic E-state index is 11.9. The lowest BCUT2D eigenvalue weighted by Crippen LogP contribution is -2.01. The lowest BCUT2D eigenvalue weighted by molar-refractivity contribution is 0.0596. The van der Waals surface area contributed by atoms with Crippen molar-refractivity contribution >= 4 is 34.1 Å². The molecule has 0 aliphatic rings. The number of carbonyl (C=O) groups excluding carboxylic acids is 1. The van der Waals surface area contributed by atoms with Crippen LogP contribution in [0.15, 0.2) is 64.8 Å². The van der Waals surface area contributed by atoms with Crippen LogP contribution in [-0.2, 0) is 4.74 Å². The number of hydrogen-bond donors (Lipinski definition) is 2. The summed E-state index contributed by atoms with van der Waals surface area (Å²) in [7, 11) is 1.21. The van der Waals surface area contributed by atoms with E-state index in [1.54, 1.807) is 36.4 Å². The van der Waals surface area contributed by atoms with Crippen molar-refractivity contribution in [1.29, 1.82) is 0 Å². The molecule has 0 unspecified atom stereocenters. The average Bonchev–Trinajstić information content (AvgIpc) is 2.66. The molecule has 7 nitrogen and oxygen atoms in total. The number of aromatic carboxylic acids is 1. The standard InChI is InChI=1S/C19H14N2O5/c1-26-19(25)14-10-11-6-2-3-7-12(11)16(17(14)22)21-20-15-9-5-4-8-13(15)18(23)24/h2-10,22H,1H3,(H,23,24). The summed E-state index contributed by atoms with van der Waals surface area (Å²) in [4.78, 5) is 23.2. The van der Waals surface area contributed by atoms with E-state index in [2.05, 4.69) is 15.0 Å². The largest absolute Gasteiger partial charge is 0.505 e. The van der Waals surface area contributed by atoms with Crippen LogP contribution < -0.4 is 0 Å². The van der Waals surface area contributed by atoms with Gasteiger partial charge in [-0.05, 0) is 23.6 Å². The number of benzene rings is 3. The Kier molecular flexibility index (Phi) is 4.62. The van der Waals surface area contributed by atoms with E-state index in [1.165, 1.54) is 25.3 Å². The topological polar surface area (TPSA) is 109 Å². The maximum Gasteiger partial charge on any atom is 0.341 e. The fourth-order valence-corrected chi connectivity index (χ4v) is 2.53. The molecule has 0 atom stereocenters. The lowest BCUT2D eigenvalue weighted by atomic mass is 10.0. The first-order chi connectivity index (χ1) is 12.5. The molecule has 3 rings (SSSR count). The number of nitrogens with zero attached hydrogens (tertiary/aromatic N) is 2. The zero-order chi connectivity index (χ0) is 18.7. The monoisotopic (exact) mass is 350 g/mol. The van der Waals surface area contributed by atoms with Gasteiger partial charge in [0.1, 0.15) is 16.9 Å². The number of rotatable bonds is 4. The van der Waals surface area contributed by atoms with Gasteiger partial charge in [-0.25, -0.2) is 9.59 Å². The zero-order valence-corrected chi connectivity index (χ0v) is 13.7. The predicted octanol–water partition coefficient (Wildman–Crippen LogP) is 4.45. The van der Waals surface area contributed by atoms with E-state index < -0.39 is 11.9 Å². The summed E-state index contributed by atoms with van der Waals surface area (Å²) in [5.41, 5.74) is 0.117. The number of phenols is 1. The molecular weight excluding hydrogens is 336 g/mol. The van der Waals surface area contributed by atoms with Gasteiger partial charge >= 0.3 is 11.9 Å². The van der Waals surface area contributed by atoms with Crippen LogP contribution >= 0.6 is 0 Å². The van der Waals surface area contributed by atoms with E-state index in [9.17, 15) is 19.8 Å². The normalized spacial score (nSPS) is 11.0. The second kappa shape index (κ2) is 7.02. The summed E-state index contributed by atoms with van der Waals surface area (Å²) in [5, 5.41) is 28.9. The quantitative estimate of drug-likeness (QED) is 0.534. The Balaban J connectivity index is 2.20. The summed E-state index contributed by atoms with van der Waals surface area (Å²) in [6.45, 7) is 0. The maximum atomic E-state index is 11.9. The van der Waals surface area contributed by atoms with E-state index in [1.807, 2.05) is 0 Å². The van der Waals surface area contributed by atoms with E-state index in [-0.39, 0.29) is 28.3 Å². The third kappa shape index (κ3) is 3.10. The van der Waals surface area contributed by atoms with E-state index in [0.29, 0.717) is 10.8 Å². The van der Waals surface area contributed by atoms with Gasteiger partial charge in [0, 0.05) is 5.39 Å². The molecule has 2 N–H and O–H groups in total. The minimum Gasteiger partial charge on any atom is -0.505 e. The number of carboxylic acid groups (broad SMARTS) is 1. The first kappa shape index (κ1) is 17.1. The summed E-state index contributed by atoms with van der Waals surface area (Å²) < 4.78 is 4.69. The highest BCUT2D eigenvalue weighted by Crippen LogP contribution is 2.39. The zero-order valence-electron chi connectivity index (χ0n) is 13.7.